The minimum Gasteiger partial charge on any atom is -0.473 e. The number of carbonyl (C=O) groups is 2. The molecule has 170 valence electrons. The minimum atomic E-state index is -4.31. The zero-order chi connectivity index (χ0) is 23.3. The number of hydrogen-bond acceptors (Lipinski definition) is 5. The number of hydrogen-bond donors (Lipinski definition) is 3. The number of H-pyrrole nitrogens is 1. The van der Waals surface area contributed by atoms with E-state index in [0.29, 0.717) is 25.3 Å². The van der Waals surface area contributed by atoms with Crippen LogP contribution in [-0.2, 0) is 22.3 Å². The highest BCUT2D eigenvalue weighted by Crippen LogP contribution is 2.31. The number of nitrogens with zero attached hydrogens (tertiary/aromatic N) is 3. The predicted molar refractivity (Wildman–Crippen MR) is 110 cm³/mol. The lowest BCUT2D eigenvalue weighted by Gasteiger charge is -2.35. The molecule has 0 saturated carbocycles. The van der Waals surface area contributed by atoms with Crippen molar-refractivity contribution in [3.63, 3.8) is 0 Å². The lowest BCUT2D eigenvalue weighted by atomic mass is 10.1. The quantitative estimate of drug-likeness (QED) is 0.526. The summed E-state index contributed by atoms with van der Waals surface area (Å²) in [6, 6.07) is 13.5. The lowest BCUT2D eigenvalue weighted by Crippen LogP contribution is -2.46. The Kier molecular flexibility index (Phi) is 6.98. The maximum Gasteiger partial charge on any atom is 0.416 e. The number of aromatic nitrogens is 2. The molecule has 11 heteroatoms. The molecule has 2 heterocycles. The topological polar surface area (TPSA) is 110 Å². The van der Waals surface area contributed by atoms with Crippen molar-refractivity contribution in [2.24, 2.45) is 0 Å². The van der Waals surface area contributed by atoms with Crippen molar-refractivity contribution in [3.05, 3.63) is 59.9 Å². The number of carboxylic acid groups (broad SMARTS) is 2. The van der Waals surface area contributed by atoms with E-state index in [1.165, 1.54) is 12.1 Å². The fourth-order valence-corrected chi connectivity index (χ4v) is 3.34. The largest absolute Gasteiger partial charge is 0.473 e. The zero-order valence-corrected chi connectivity index (χ0v) is 16.8. The Morgan fingerprint density at radius 2 is 1.62 bits per heavy atom. The molecular weight excluding hydrogens is 429 g/mol. The van der Waals surface area contributed by atoms with Gasteiger partial charge in [-0.25, -0.2) is 14.6 Å². The van der Waals surface area contributed by atoms with Crippen molar-refractivity contribution < 1.29 is 33.0 Å². The number of halogens is 3. The highest BCUT2D eigenvalue weighted by atomic mass is 19.4. The Morgan fingerprint density at radius 1 is 0.969 bits per heavy atom. The van der Waals surface area contributed by atoms with Crippen LogP contribution in [0.5, 0.6) is 0 Å². The van der Waals surface area contributed by atoms with Crippen molar-refractivity contribution in [3.8, 4) is 0 Å². The van der Waals surface area contributed by atoms with E-state index < -0.39 is 23.7 Å². The van der Waals surface area contributed by atoms with E-state index in [9.17, 15) is 13.2 Å². The van der Waals surface area contributed by atoms with Crippen LogP contribution in [0.4, 0.5) is 18.9 Å². The number of benzene rings is 2. The number of anilines is 1. The molecule has 2 aromatic carbocycles. The average Bonchev–Trinajstić information content (AvgIpc) is 3.16. The summed E-state index contributed by atoms with van der Waals surface area (Å²) in [6.07, 6.45) is -4.31. The van der Waals surface area contributed by atoms with E-state index in [-0.39, 0.29) is 0 Å². The maximum atomic E-state index is 12.9. The van der Waals surface area contributed by atoms with Crippen molar-refractivity contribution in [2.45, 2.75) is 12.7 Å². The van der Waals surface area contributed by atoms with Crippen LogP contribution in [0.1, 0.15) is 11.4 Å². The van der Waals surface area contributed by atoms with Gasteiger partial charge in [0.2, 0.25) is 0 Å². The van der Waals surface area contributed by atoms with Crippen molar-refractivity contribution in [1.82, 2.24) is 14.9 Å². The molecule has 0 atom stereocenters. The van der Waals surface area contributed by atoms with E-state index in [1.54, 1.807) is 6.07 Å². The SMILES string of the molecule is FC(F)(F)c1cccc(N2CCN(Cc3nc4ccccc4[nH]3)CC2)c1.O=C(O)C(=O)O. The Bertz CT molecular complexity index is 1050. The number of rotatable bonds is 3. The van der Waals surface area contributed by atoms with E-state index in [2.05, 4.69) is 14.9 Å². The monoisotopic (exact) mass is 450 g/mol. The molecule has 1 fully saturated rings. The number of imidazole rings is 1. The van der Waals surface area contributed by atoms with Gasteiger partial charge in [-0.05, 0) is 30.3 Å². The molecule has 32 heavy (non-hydrogen) atoms. The standard InChI is InChI=1S/C19H19F3N4.C2H2O4/c20-19(21,22)14-4-3-5-15(12-14)26-10-8-25(9-11-26)13-18-23-16-6-1-2-7-17(16)24-18;3-1(4)2(5)6/h1-7,12H,8-11,13H2,(H,23,24);(H,3,4)(H,5,6). The summed E-state index contributed by atoms with van der Waals surface area (Å²) in [5.74, 6) is -2.73. The van der Waals surface area contributed by atoms with Gasteiger partial charge < -0.3 is 20.1 Å². The number of para-hydroxylation sites is 2. The average molecular weight is 450 g/mol. The van der Waals surface area contributed by atoms with Crippen molar-refractivity contribution in [2.75, 3.05) is 31.1 Å². The van der Waals surface area contributed by atoms with Crippen LogP contribution in [0.3, 0.4) is 0 Å². The van der Waals surface area contributed by atoms with E-state index in [1.807, 2.05) is 29.2 Å². The molecule has 0 spiro atoms. The van der Waals surface area contributed by atoms with Gasteiger partial charge in [0.15, 0.2) is 0 Å². The first-order valence-corrected chi connectivity index (χ1v) is 9.68. The van der Waals surface area contributed by atoms with E-state index in [4.69, 9.17) is 19.8 Å². The van der Waals surface area contributed by atoms with E-state index >= 15 is 0 Å². The third-order valence-corrected chi connectivity index (χ3v) is 4.91. The van der Waals surface area contributed by atoms with Crippen molar-refractivity contribution >= 4 is 28.7 Å². The van der Waals surface area contributed by atoms with Crippen LogP contribution in [0.2, 0.25) is 0 Å². The number of aliphatic carboxylic acids is 2. The molecule has 1 aromatic heterocycles. The Balaban J connectivity index is 0.000000427. The van der Waals surface area contributed by atoms with Crippen LogP contribution in [0.15, 0.2) is 48.5 Å². The number of carboxylic acids is 2. The minimum absolute atomic E-state index is 0.597. The first-order valence-electron chi connectivity index (χ1n) is 9.68. The molecule has 0 radical (unpaired) electrons. The molecule has 0 bridgehead atoms. The second kappa shape index (κ2) is 9.69. The molecule has 1 saturated heterocycles. The molecule has 4 rings (SSSR count). The highest BCUT2D eigenvalue weighted by molar-refractivity contribution is 6.27. The molecule has 3 N–H and O–H groups in total. The highest BCUT2D eigenvalue weighted by Gasteiger charge is 2.31. The smallest absolute Gasteiger partial charge is 0.416 e. The van der Waals surface area contributed by atoms with Gasteiger partial charge >= 0.3 is 18.1 Å². The van der Waals surface area contributed by atoms with Crippen molar-refractivity contribution in [1.29, 1.82) is 0 Å². The van der Waals surface area contributed by atoms with Gasteiger partial charge in [0.1, 0.15) is 5.82 Å². The fourth-order valence-electron chi connectivity index (χ4n) is 3.34. The van der Waals surface area contributed by atoms with Gasteiger partial charge in [-0.1, -0.05) is 18.2 Å². The molecule has 8 nitrogen and oxygen atoms in total. The third kappa shape index (κ3) is 5.97. The van der Waals surface area contributed by atoms with Crippen LogP contribution in [0.25, 0.3) is 11.0 Å². The molecular formula is C21H21F3N4O4. The van der Waals surface area contributed by atoms with Gasteiger partial charge in [0, 0.05) is 31.9 Å². The third-order valence-electron chi connectivity index (χ3n) is 4.91. The summed E-state index contributed by atoms with van der Waals surface area (Å²) in [6.45, 7) is 3.68. The number of fused-ring (bicyclic) bond motifs is 1. The Labute approximate surface area is 180 Å². The van der Waals surface area contributed by atoms with Gasteiger partial charge in [-0.2, -0.15) is 13.2 Å². The summed E-state index contributed by atoms with van der Waals surface area (Å²) in [7, 11) is 0. The van der Waals surface area contributed by atoms with Gasteiger partial charge in [-0.15, -0.1) is 0 Å². The summed E-state index contributed by atoms with van der Waals surface area (Å²) in [5, 5.41) is 14.8. The van der Waals surface area contributed by atoms with Crippen LogP contribution in [-0.4, -0.2) is 63.2 Å². The first kappa shape index (κ1) is 23.1. The number of nitrogens with one attached hydrogen (secondary N) is 1. The summed E-state index contributed by atoms with van der Waals surface area (Å²) >= 11 is 0. The molecule has 1 aliphatic rings. The number of aromatic amines is 1. The van der Waals surface area contributed by atoms with Crippen LogP contribution < -0.4 is 4.90 Å². The molecule has 0 unspecified atom stereocenters. The molecule has 0 amide bonds. The molecule has 1 aliphatic heterocycles. The summed E-state index contributed by atoms with van der Waals surface area (Å²) < 4.78 is 38.7. The number of piperazine rings is 1. The number of alkyl halides is 3. The normalized spacial score (nSPS) is 14.7. The zero-order valence-electron chi connectivity index (χ0n) is 16.8. The lowest BCUT2D eigenvalue weighted by molar-refractivity contribution is -0.159. The van der Waals surface area contributed by atoms with Crippen LogP contribution in [0, 0.1) is 0 Å². The molecule has 3 aromatic rings. The predicted octanol–water partition coefficient (Wildman–Crippen LogP) is 3.06. The second-order valence-corrected chi connectivity index (χ2v) is 7.12. The Hall–Kier alpha value is -3.60. The van der Waals surface area contributed by atoms with E-state index in [0.717, 1.165) is 36.0 Å². The van der Waals surface area contributed by atoms with Gasteiger partial charge in [0.05, 0.1) is 23.1 Å². The second-order valence-electron chi connectivity index (χ2n) is 7.12. The van der Waals surface area contributed by atoms with Gasteiger partial charge in [0.25, 0.3) is 0 Å². The van der Waals surface area contributed by atoms with Crippen LogP contribution >= 0.6 is 0 Å². The molecule has 0 aliphatic carbocycles. The Morgan fingerprint density at radius 3 is 2.22 bits per heavy atom. The van der Waals surface area contributed by atoms with Gasteiger partial charge in [-0.3, -0.25) is 4.90 Å². The fraction of sp³-hybridized carbons (Fsp3) is 0.286. The summed E-state index contributed by atoms with van der Waals surface area (Å²) in [4.78, 5) is 30.4. The maximum absolute atomic E-state index is 12.9. The first-order chi connectivity index (χ1) is 15.1. The summed E-state index contributed by atoms with van der Waals surface area (Å²) in [5.41, 5.74) is 2.00.